The number of thiophene rings is 1. The Morgan fingerprint density at radius 1 is 1.00 bits per heavy atom. The van der Waals surface area contributed by atoms with Crippen LogP contribution in [0.3, 0.4) is 0 Å². The number of imidazole rings is 1. The predicted octanol–water partition coefficient (Wildman–Crippen LogP) is 5.26. The molecule has 0 aliphatic heterocycles. The molecule has 0 saturated carbocycles. The molecule has 0 atom stereocenters. The van der Waals surface area contributed by atoms with E-state index < -0.39 is 11.8 Å². The lowest BCUT2D eigenvalue weighted by Gasteiger charge is -2.08. The van der Waals surface area contributed by atoms with Crippen LogP contribution in [0.15, 0.2) is 66.7 Å². The van der Waals surface area contributed by atoms with E-state index in [0.29, 0.717) is 27.2 Å². The van der Waals surface area contributed by atoms with Crippen molar-refractivity contribution < 1.29 is 14.3 Å². The van der Waals surface area contributed by atoms with E-state index in [1.165, 1.54) is 11.3 Å². The maximum absolute atomic E-state index is 12.6. The summed E-state index contributed by atoms with van der Waals surface area (Å²) in [6.45, 7) is 0. The van der Waals surface area contributed by atoms with Gasteiger partial charge in [-0.15, -0.1) is 11.3 Å². The Hall–Kier alpha value is -4.08. The van der Waals surface area contributed by atoms with Gasteiger partial charge >= 0.3 is 0 Å². The maximum Gasteiger partial charge on any atom is 0.281 e. The second-order valence-corrected chi connectivity index (χ2v) is 8.75. The molecule has 2 aromatic heterocycles. The molecule has 170 valence electrons. The molecule has 5 aromatic rings. The number of carbonyl (C=O) groups is 2. The van der Waals surface area contributed by atoms with Gasteiger partial charge in [0.25, 0.3) is 11.8 Å². The molecule has 5 rings (SSSR count). The number of ether oxygens (including phenoxy) is 1. The number of hydrazine groups is 1. The number of anilines is 2. The van der Waals surface area contributed by atoms with Crippen molar-refractivity contribution >= 4 is 67.5 Å². The van der Waals surface area contributed by atoms with Gasteiger partial charge in [0, 0.05) is 21.3 Å². The number of carbonyl (C=O) groups excluding carboxylic acids is 2. The van der Waals surface area contributed by atoms with Crippen molar-refractivity contribution in [3.63, 3.8) is 0 Å². The van der Waals surface area contributed by atoms with Crippen molar-refractivity contribution in [2.24, 2.45) is 0 Å². The number of benzene rings is 3. The molecule has 0 aliphatic carbocycles. The van der Waals surface area contributed by atoms with E-state index in [1.54, 1.807) is 43.5 Å². The highest BCUT2D eigenvalue weighted by Crippen LogP contribution is 2.37. The van der Waals surface area contributed by atoms with Crippen LogP contribution in [0.25, 0.3) is 21.1 Å². The second kappa shape index (κ2) is 9.05. The summed E-state index contributed by atoms with van der Waals surface area (Å²) in [6, 6.07) is 19.9. The van der Waals surface area contributed by atoms with Crippen LogP contribution in [-0.2, 0) is 0 Å². The molecule has 0 fully saturated rings. The summed E-state index contributed by atoms with van der Waals surface area (Å²) in [7, 11) is 1.57. The van der Waals surface area contributed by atoms with Crippen LogP contribution in [0.1, 0.15) is 20.0 Å². The van der Waals surface area contributed by atoms with Gasteiger partial charge in [-0.05, 0) is 54.6 Å². The number of methoxy groups -OCH3 is 1. The van der Waals surface area contributed by atoms with Gasteiger partial charge in [-0.3, -0.25) is 20.4 Å². The zero-order valence-electron chi connectivity index (χ0n) is 17.8. The van der Waals surface area contributed by atoms with Crippen molar-refractivity contribution in [3.8, 4) is 5.75 Å². The SMILES string of the molecule is COc1ccc2c(Cl)c(C(=O)NNC(=O)c3ccc(Nc4nc5ccccc5[nH]4)cc3)sc2c1. The molecule has 8 nitrogen and oxygen atoms in total. The van der Waals surface area contributed by atoms with E-state index in [4.69, 9.17) is 16.3 Å². The van der Waals surface area contributed by atoms with Crippen LogP contribution >= 0.6 is 22.9 Å². The van der Waals surface area contributed by atoms with Gasteiger partial charge in [0.1, 0.15) is 10.6 Å². The first-order valence-corrected chi connectivity index (χ1v) is 11.4. The van der Waals surface area contributed by atoms with Gasteiger partial charge in [0.15, 0.2) is 0 Å². The summed E-state index contributed by atoms with van der Waals surface area (Å²) in [5.41, 5.74) is 7.76. The van der Waals surface area contributed by atoms with E-state index in [9.17, 15) is 9.59 Å². The third-order valence-corrected chi connectivity index (χ3v) is 6.79. The fraction of sp³-hybridized carbons (Fsp3) is 0.0417. The topological polar surface area (TPSA) is 108 Å². The molecule has 4 N–H and O–H groups in total. The Morgan fingerprint density at radius 3 is 2.53 bits per heavy atom. The average molecular weight is 492 g/mol. The van der Waals surface area contributed by atoms with Crippen molar-refractivity contribution in [3.05, 3.63) is 82.2 Å². The van der Waals surface area contributed by atoms with Crippen LogP contribution in [0, 0.1) is 0 Å². The second-order valence-electron chi connectivity index (χ2n) is 7.32. The number of amides is 2. The summed E-state index contributed by atoms with van der Waals surface area (Å²) in [4.78, 5) is 33.1. The van der Waals surface area contributed by atoms with Crippen molar-refractivity contribution in [1.29, 1.82) is 0 Å². The monoisotopic (exact) mass is 491 g/mol. The molecule has 34 heavy (non-hydrogen) atoms. The smallest absolute Gasteiger partial charge is 0.281 e. The van der Waals surface area contributed by atoms with Crippen molar-refractivity contribution in [2.45, 2.75) is 0 Å². The number of rotatable bonds is 5. The summed E-state index contributed by atoms with van der Waals surface area (Å²) < 4.78 is 6.02. The van der Waals surface area contributed by atoms with Gasteiger partial charge in [0.05, 0.1) is 23.2 Å². The first-order valence-electron chi connectivity index (χ1n) is 10.2. The number of H-pyrrole nitrogens is 1. The van der Waals surface area contributed by atoms with Crippen LogP contribution in [0.2, 0.25) is 5.02 Å². The maximum atomic E-state index is 12.6. The Balaban J connectivity index is 1.22. The predicted molar refractivity (Wildman–Crippen MR) is 134 cm³/mol. The number of hydrogen-bond acceptors (Lipinski definition) is 6. The number of nitrogens with one attached hydrogen (secondary N) is 4. The zero-order valence-corrected chi connectivity index (χ0v) is 19.4. The average Bonchev–Trinajstić information content (AvgIpc) is 3.42. The first kappa shape index (κ1) is 21.7. The summed E-state index contributed by atoms with van der Waals surface area (Å²) in [5.74, 6) is 0.316. The molecule has 0 unspecified atom stereocenters. The van der Waals surface area contributed by atoms with Crippen LogP contribution in [0.5, 0.6) is 5.75 Å². The molecular weight excluding hydrogens is 474 g/mol. The fourth-order valence-electron chi connectivity index (χ4n) is 3.41. The lowest BCUT2D eigenvalue weighted by molar-refractivity contribution is 0.0849. The third kappa shape index (κ3) is 4.26. The number of hydrogen-bond donors (Lipinski definition) is 4. The first-order chi connectivity index (χ1) is 16.5. The number of fused-ring (bicyclic) bond motifs is 2. The van der Waals surface area contributed by atoms with Gasteiger partial charge in [-0.25, -0.2) is 4.98 Å². The Morgan fingerprint density at radius 2 is 1.76 bits per heavy atom. The lowest BCUT2D eigenvalue weighted by atomic mass is 10.2. The van der Waals surface area contributed by atoms with Crippen LogP contribution in [-0.4, -0.2) is 28.9 Å². The van der Waals surface area contributed by atoms with Crippen LogP contribution < -0.4 is 20.9 Å². The Labute approximate surface area is 202 Å². The zero-order chi connectivity index (χ0) is 23.7. The molecule has 10 heteroatoms. The molecule has 2 amide bonds. The highest BCUT2D eigenvalue weighted by molar-refractivity contribution is 7.21. The summed E-state index contributed by atoms with van der Waals surface area (Å²) in [6.07, 6.45) is 0. The van der Waals surface area contributed by atoms with Gasteiger partial charge in [-0.2, -0.15) is 0 Å². The van der Waals surface area contributed by atoms with E-state index in [1.807, 2.05) is 30.3 Å². The standard InChI is InChI=1S/C24H18ClN5O3S/c1-33-15-10-11-16-19(12-15)34-21(20(16)25)23(32)30-29-22(31)13-6-8-14(9-7-13)26-24-27-17-4-2-3-5-18(17)28-24/h2-12H,1H3,(H,29,31)(H,30,32)(H2,26,27,28). The Bertz CT molecular complexity index is 1490. The number of nitrogens with zero attached hydrogens (tertiary/aromatic N) is 1. The van der Waals surface area contributed by atoms with E-state index in [2.05, 4.69) is 26.1 Å². The lowest BCUT2D eigenvalue weighted by Crippen LogP contribution is -2.41. The highest BCUT2D eigenvalue weighted by atomic mass is 35.5. The number of halogens is 1. The molecule has 0 bridgehead atoms. The molecule has 0 spiro atoms. The highest BCUT2D eigenvalue weighted by Gasteiger charge is 2.18. The number of para-hydroxylation sites is 2. The van der Waals surface area contributed by atoms with Crippen molar-refractivity contribution in [2.75, 3.05) is 12.4 Å². The molecular formula is C24H18ClN5O3S. The van der Waals surface area contributed by atoms with Gasteiger partial charge < -0.3 is 15.0 Å². The fourth-order valence-corrected chi connectivity index (χ4v) is 4.86. The van der Waals surface area contributed by atoms with E-state index >= 15 is 0 Å². The summed E-state index contributed by atoms with van der Waals surface area (Å²) in [5, 5.41) is 4.24. The van der Waals surface area contributed by atoms with Crippen molar-refractivity contribution in [1.82, 2.24) is 20.8 Å². The molecule has 0 radical (unpaired) electrons. The van der Waals surface area contributed by atoms with Crippen LogP contribution in [0.4, 0.5) is 11.6 Å². The minimum Gasteiger partial charge on any atom is -0.497 e. The third-order valence-electron chi connectivity index (χ3n) is 5.13. The van der Waals surface area contributed by atoms with E-state index in [0.717, 1.165) is 26.8 Å². The normalized spacial score (nSPS) is 10.9. The molecule has 3 aromatic carbocycles. The largest absolute Gasteiger partial charge is 0.497 e. The van der Waals surface area contributed by atoms with Gasteiger partial charge in [-0.1, -0.05) is 23.7 Å². The molecule has 2 heterocycles. The minimum atomic E-state index is -0.498. The molecule has 0 aliphatic rings. The number of aromatic amines is 1. The Kier molecular flexibility index (Phi) is 5.79. The minimum absolute atomic E-state index is 0.301. The molecule has 0 saturated heterocycles. The van der Waals surface area contributed by atoms with E-state index in [-0.39, 0.29) is 0 Å². The summed E-state index contributed by atoms with van der Waals surface area (Å²) >= 11 is 7.59. The quantitative estimate of drug-likeness (QED) is 0.251. The number of aromatic nitrogens is 2. The van der Waals surface area contributed by atoms with Gasteiger partial charge in [0.2, 0.25) is 5.95 Å².